The Labute approximate surface area is 118 Å². The molecule has 106 valence electrons. The van der Waals surface area contributed by atoms with Crippen LogP contribution in [0.4, 0.5) is 0 Å². The minimum absolute atomic E-state index is 0.0582. The lowest BCUT2D eigenvalue weighted by molar-refractivity contribution is 0.184. The molecule has 20 heavy (non-hydrogen) atoms. The maximum absolute atomic E-state index is 10.3. The summed E-state index contributed by atoms with van der Waals surface area (Å²) < 4.78 is 10.1. The number of phenols is 1. The van der Waals surface area contributed by atoms with Crippen LogP contribution in [0.3, 0.4) is 0 Å². The maximum atomic E-state index is 10.3. The number of benzene rings is 2. The molecule has 0 aliphatic rings. The van der Waals surface area contributed by atoms with Gasteiger partial charge in [-0.1, -0.05) is 24.3 Å². The summed E-state index contributed by atoms with van der Waals surface area (Å²) in [7, 11) is 3.18. The van der Waals surface area contributed by atoms with Crippen molar-refractivity contribution in [2.45, 2.75) is 12.7 Å². The summed E-state index contributed by atoms with van der Waals surface area (Å²) in [5, 5.41) is 20.3. The summed E-state index contributed by atoms with van der Waals surface area (Å²) in [5.41, 5.74) is 2.02. The van der Waals surface area contributed by atoms with E-state index in [2.05, 4.69) is 0 Å². The van der Waals surface area contributed by atoms with E-state index in [9.17, 15) is 10.2 Å². The molecule has 0 saturated carbocycles. The van der Waals surface area contributed by atoms with Crippen molar-refractivity contribution >= 4 is 0 Å². The Morgan fingerprint density at radius 3 is 2.30 bits per heavy atom. The van der Waals surface area contributed by atoms with E-state index in [1.165, 1.54) is 0 Å². The summed E-state index contributed by atoms with van der Waals surface area (Å²) in [5.74, 6) is 0.781. The quantitative estimate of drug-likeness (QED) is 0.880. The predicted molar refractivity (Wildman–Crippen MR) is 75.9 cm³/mol. The van der Waals surface area contributed by atoms with Crippen LogP contribution in [-0.2, 0) is 11.3 Å². The second-order valence-electron chi connectivity index (χ2n) is 4.50. The first kappa shape index (κ1) is 14.4. The molecule has 4 nitrogen and oxygen atoms in total. The van der Waals surface area contributed by atoms with Crippen LogP contribution in [-0.4, -0.2) is 24.4 Å². The van der Waals surface area contributed by atoms with Gasteiger partial charge in [0.2, 0.25) is 0 Å². The van der Waals surface area contributed by atoms with Crippen molar-refractivity contribution in [3.05, 3.63) is 59.2 Å². The van der Waals surface area contributed by atoms with Gasteiger partial charge in [-0.3, -0.25) is 0 Å². The van der Waals surface area contributed by atoms with Crippen LogP contribution in [0, 0.1) is 0 Å². The highest BCUT2D eigenvalue weighted by Crippen LogP contribution is 2.31. The fraction of sp³-hybridized carbons (Fsp3) is 0.250. The number of aromatic hydroxyl groups is 1. The molecule has 0 radical (unpaired) electrons. The molecule has 0 aliphatic carbocycles. The Hall–Kier alpha value is -2.04. The monoisotopic (exact) mass is 274 g/mol. The largest absolute Gasteiger partial charge is 0.508 e. The lowest BCUT2D eigenvalue weighted by atomic mass is 9.99. The van der Waals surface area contributed by atoms with E-state index in [-0.39, 0.29) is 5.75 Å². The van der Waals surface area contributed by atoms with Crippen molar-refractivity contribution in [3.8, 4) is 11.5 Å². The molecular weight excluding hydrogens is 256 g/mol. The van der Waals surface area contributed by atoms with Gasteiger partial charge in [-0.05, 0) is 29.3 Å². The van der Waals surface area contributed by atoms with Crippen LogP contribution in [0.25, 0.3) is 0 Å². The molecule has 0 bridgehead atoms. The van der Waals surface area contributed by atoms with Gasteiger partial charge in [0.1, 0.15) is 17.6 Å². The first-order chi connectivity index (χ1) is 9.65. The summed E-state index contributed by atoms with van der Waals surface area (Å²) in [4.78, 5) is 0. The topological polar surface area (TPSA) is 58.9 Å². The number of hydrogen-bond donors (Lipinski definition) is 2. The third-order valence-electron chi connectivity index (χ3n) is 3.13. The number of hydrogen-bond acceptors (Lipinski definition) is 4. The molecule has 0 aliphatic heterocycles. The molecule has 0 amide bonds. The molecule has 1 atom stereocenters. The first-order valence-corrected chi connectivity index (χ1v) is 6.28. The van der Waals surface area contributed by atoms with Crippen molar-refractivity contribution in [1.82, 2.24) is 0 Å². The molecule has 1 unspecified atom stereocenters. The van der Waals surface area contributed by atoms with Crippen LogP contribution in [0.1, 0.15) is 22.8 Å². The average Bonchev–Trinajstić information content (AvgIpc) is 2.47. The highest BCUT2D eigenvalue weighted by atomic mass is 16.5. The van der Waals surface area contributed by atoms with Gasteiger partial charge >= 0.3 is 0 Å². The third-order valence-corrected chi connectivity index (χ3v) is 3.13. The Kier molecular flexibility index (Phi) is 4.61. The normalized spacial score (nSPS) is 12.2. The van der Waals surface area contributed by atoms with Gasteiger partial charge in [0, 0.05) is 12.7 Å². The smallest absolute Gasteiger partial charge is 0.122 e. The van der Waals surface area contributed by atoms with Crippen LogP contribution in [0.15, 0.2) is 42.5 Å². The highest BCUT2D eigenvalue weighted by Gasteiger charge is 2.15. The molecule has 2 N–H and O–H groups in total. The Balaban J connectivity index is 2.25. The first-order valence-electron chi connectivity index (χ1n) is 6.28. The molecular formula is C16H18O4. The fourth-order valence-corrected chi connectivity index (χ4v) is 2.04. The SMILES string of the molecule is COCc1ccc(C(O)c2ccc(OC)cc2)c(O)c1. The average molecular weight is 274 g/mol. The molecule has 0 saturated heterocycles. The van der Waals surface area contributed by atoms with Crippen LogP contribution in [0.2, 0.25) is 0 Å². The van der Waals surface area contributed by atoms with E-state index < -0.39 is 6.10 Å². The predicted octanol–water partition coefficient (Wildman–Crippen LogP) is 2.63. The number of aliphatic hydroxyl groups excluding tert-OH is 1. The lowest BCUT2D eigenvalue weighted by Crippen LogP contribution is -2.01. The fourth-order valence-electron chi connectivity index (χ4n) is 2.04. The number of aliphatic hydroxyl groups is 1. The van der Waals surface area contributed by atoms with Crippen molar-refractivity contribution in [1.29, 1.82) is 0 Å². The van der Waals surface area contributed by atoms with Crippen LogP contribution in [0.5, 0.6) is 11.5 Å². The van der Waals surface area contributed by atoms with Crippen molar-refractivity contribution in [2.75, 3.05) is 14.2 Å². The number of methoxy groups -OCH3 is 2. The number of ether oxygens (including phenoxy) is 2. The zero-order valence-corrected chi connectivity index (χ0v) is 11.5. The van der Waals surface area contributed by atoms with Gasteiger partial charge in [0.25, 0.3) is 0 Å². The second kappa shape index (κ2) is 6.41. The second-order valence-corrected chi connectivity index (χ2v) is 4.50. The van der Waals surface area contributed by atoms with E-state index >= 15 is 0 Å². The lowest BCUT2D eigenvalue weighted by Gasteiger charge is -2.14. The molecule has 0 aromatic heterocycles. The van der Waals surface area contributed by atoms with Crippen molar-refractivity contribution in [3.63, 3.8) is 0 Å². The van der Waals surface area contributed by atoms with Gasteiger partial charge in [0.05, 0.1) is 13.7 Å². The van der Waals surface area contributed by atoms with E-state index in [1.54, 1.807) is 50.6 Å². The van der Waals surface area contributed by atoms with Gasteiger partial charge < -0.3 is 19.7 Å². The van der Waals surface area contributed by atoms with Crippen molar-refractivity contribution < 1.29 is 19.7 Å². The zero-order chi connectivity index (χ0) is 14.5. The van der Waals surface area contributed by atoms with Gasteiger partial charge in [-0.15, -0.1) is 0 Å². The Bertz CT molecular complexity index is 563. The third kappa shape index (κ3) is 3.10. The van der Waals surface area contributed by atoms with Gasteiger partial charge in [0.15, 0.2) is 0 Å². The van der Waals surface area contributed by atoms with Gasteiger partial charge in [-0.25, -0.2) is 0 Å². The Morgan fingerprint density at radius 2 is 1.75 bits per heavy atom. The highest BCUT2D eigenvalue weighted by molar-refractivity contribution is 5.42. The molecule has 0 fully saturated rings. The maximum Gasteiger partial charge on any atom is 0.122 e. The minimum atomic E-state index is -0.877. The summed E-state index contributed by atoms with van der Waals surface area (Å²) >= 11 is 0. The van der Waals surface area contributed by atoms with Crippen molar-refractivity contribution in [2.24, 2.45) is 0 Å². The molecule has 2 aromatic rings. The number of phenolic OH excluding ortho intramolecular Hbond substituents is 1. The van der Waals surface area contributed by atoms with E-state index in [1.807, 2.05) is 6.07 Å². The van der Waals surface area contributed by atoms with E-state index in [0.29, 0.717) is 17.7 Å². The minimum Gasteiger partial charge on any atom is -0.508 e. The standard InChI is InChI=1S/C16H18O4/c1-19-10-11-3-8-14(15(17)9-11)16(18)12-4-6-13(20-2)7-5-12/h3-9,16-18H,10H2,1-2H3. The van der Waals surface area contributed by atoms with Crippen LogP contribution < -0.4 is 4.74 Å². The van der Waals surface area contributed by atoms with Crippen LogP contribution >= 0.6 is 0 Å². The summed E-state index contributed by atoms with van der Waals surface area (Å²) in [6.07, 6.45) is -0.877. The molecule has 0 heterocycles. The molecule has 0 spiro atoms. The molecule has 2 aromatic carbocycles. The molecule has 4 heteroatoms. The molecule has 2 rings (SSSR count). The summed E-state index contributed by atoms with van der Waals surface area (Å²) in [6, 6.07) is 12.2. The van der Waals surface area contributed by atoms with E-state index in [4.69, 9.17) is 9.47 Å². The zero-order valence-electron chi connectivity index (χ0n) is 11.5. The number of rotatable bonds is 5. The van der Waals surface area contributed by atoms with Gasteiger partial charge in [-0.2, -0.15) is 0 Å². The van der Waals surface area contributed by atoms with E-state index in [0.717, 1.165) is 11.3 Å². The summed E-state index contributed by atoms with van der Waals surface area (Å²) in [6.45, 7) is 0.423. The Morgan fingerprint density at radius 1 is 1.05 bits per heavy atom.